The van der Waals surface area contributed by atoms with Gasteiger partial charge in [0, 0.05) is 6.54 Å². The molecule has 1 unspecified atom stereocenters. The molecule has 1 fully saturated rings. The van der Waals surface area contributed by atoms with Gasteiger partial charge in [0.2, 0.25) is 0 Å². The number of nitrogens with one attached hydrogen (secondary N) is 1. The molecule has 2 heterocycles. The van der Waals surface area contributed by atoms with Crippen molar-refractivity contribution in [3.05, 3.63) is 12.2 Å². The zero-order chi connectivity index (χ0) is 9.97. The van der Waals surface area contributed by atoms with Crippen LogP contribution in [0.25, 0.3) is 0 Å². The third kappa shape index (κ3) is 1.74. The topological polar surface area (TPSA) is 80.0 Å². The molecule has 0 amide bonds. The first kappa shape index (κ1) is 9.14. The summed E-state index contributed by atoms with van der Waals surface area (Å²) in [4.78, 5) is 14.3. The standard InChI is InChI=1S/C8H12N4O2/c13-8(14)7-10-5-12(11-7)6-2-1-3-9-4-6/h5-6,9H,1-4H2,(H,13,14). The average Bonchev–Trinajstić information content (AvgIpc) is 2.68. The summed E-state index contributed by atoms with van der Waals surface area (Å²) in [6.45, 7) is 1.86. The van der Waals surface area contributed by atoms with E-state index in [-0.39, 0.29) is 11.9 Å². The molecule has 2 rings (SSSR count). The summed E-state index contributed by atoms with van der Waals surface area (Å²) in [7, 11) is 0. The highest BCUT2D eigenvalue weighted by Crippen LogP contribution is 2.14. The normalized spacial score (nSPS) is 22.1. The maximum Gasteiger partial charge on any atom is 0.375 e. The van der Waals surface area contributed by atoms with Crippen molar-refractivity contribution in [2.45, 2.75) is 18.9 Å². The molecule has 6 heteroatoms. The lowest BCUT2D eigenvalue weighted by atomic mass is 10.1. The number of carboxylic acid groups (broad SMARTS) is 1. The van der Waals surface area contributed by atoms with E-state index in [0.29, 0.717) is 0 Å². The Morgan fingerprint density at radius 1 is 1.71 bits per heavy atom. The second-order valence-corrected chi connectivity index (χ2v) is 3.35. The Morgan fingerprint density at radius 2 is 2.57 bits per heavy atom. The fourth-order valence-corrected chi connectivity index (χ4v) is 1.61. The van der Waals surface area contributed by atoms with Crippen LogP contribution in [0.2, 0.25) is 0 Å². The van der Waals surface area contributed by atoms with Crippen LogP contribution in [-0.2, 0) is 0 Å². The molecule has 0 bridgehead atoms. The van der Waals surface area contributed by atoms with Gasteiger partial charge in [0.25, 0.3) is 5.82 Å². The first-order chi connectivity index (χ1) is 6.77. The average molecular weight is 196 g/mol. The van der Waals surface area contributed by atoms with E-state index < -0.39 is 5.97 Å². The van der Waals surface area contributed by atoms with Gasteiger partial charge in [-0.05, 0) is 19.4 Å². The molecule has 2 N–H and O–H groups in total. The molecule has 76 valence electrons. The first-order valence-corrected chi connectivity index (χ1v) is 4.62. The van der Waals surface area contributed by atoms with Gasteiger partial charge in [0.15, 0.2) is 0 Å². The van der Waals surface area contributed by atoms with Crippen LogP contribution in [0.3, 0.4) is 0 Å². The zero-order valence-corrected chi connectivity index (χ0v) is 7.68. The van der Waals surface area contributed by atoms with Gasteiger partial charge in [-0.1, -0.05) is 0 Å². The molecule has 1 aromatic heterocycles. The lowest BCUT2D eigenvalue weighted by molar-refractivity contribution is 0.0683. The minimum atomic E-state index is -1.08. The fourth-order valence-electron chi connectivity index (χ4n) is 1.61. The van der Waals surface area contributed by atoms with Gasteiger partial charge in [-0.25, -0.2) is 14.5 Å². The Morgan fingerprint density at radius 3 is 3.14 bits per heavy atom. The molecule has 0 radical (unpaired) electrons. The summed E-state index contributed by atoms with van der Waals surface area (Å²) in [5, 5.41) is 15.8. The van der Waals surface area contributed by atoms with Crippen molar-refractivity contribution in [2.75, 3.05) is 13.1 Å². The SMILES string of the molecule is O=C(O)c1ncn(C2CCCNC2)n1. The van der Waals surface area contributed by atoms with Crippen LogP contribution < -0.4 is 5.32 Å². The summed E-state index contributed by atoms with van der Waals surface area (Å²) in [6.07, 6.45) is 3.60. The smallest absolute Gasteiger partial charge is 0.375 e. The number of carbonyl (C=O) groups is 1. The summed E-state index contributed by atoms with van der Waals surface area (Å²) in [6, 6.07) is 0.240. The van der Waals surface area contributed by atoms with E-state index in [1.807, 2.05) is 0 Å². The predicted octanol–water partition coefficient (Wildman–Crippen LogP) is -0.0992. The molecule has 0 spiro atoms. The Bertz CT molecular complexity index is 330. The fraction of sp³-hybridized carbons (Fsp3) is 0.625. The van der Waals surface area contributed by atoms with Gasteiger partial charge in [-0.2, -0.15) is 0 Å². The lowest BCUT2D eigenvalue weighted by Gasteiger charge is -2.22. The van der Waals surface area contributed by atoms with Crippen LogP contribution in [0.15, 0.2) is 6.33 Å². The van der Waals surface area contributed by atoms with Gasteiger partial charge in [-0.15, -0.1) is 5.10 Å². The van der Waals surface area contributed by atoms with E-state index in [2.05, 4.69) is 15.4 Å². The van der Waals surface area contributed by atoms with Crippen molar-refractivity contribution in [2.24, 2.45) is 0 Å². The summed E-state index contributed by atoms with van der Waals surface area (Å²) in [5.74, 6) is -1.21. The van der Waals surface area contributed by atoms with Crippen molar-refractivity contribution in [3.8, 4) is 0 Å². The third-order valence-electron chi connectivity index (χ3n) is 2.34. The van der Waals surface area contributed by atoms with E-state index >= 15 is 0 Å². The van der Waals surface area contributed by atoms with Crippen LogP contribution in [0.4, 0.5) is 0 Å². The molecule has 0 aliphatic carbocycles. The predicted molar refractivity (Wildman–Crippen MR) is 48.1 cm³/mol. The zero-order valence-electron chi connectivity index (χ0n) is 7.68. The van der Waals surface area contributed by atoms with Crippen LogP contribution in [0.1, 0.15) is 29.5 Å². The second kappa shape index (κ2) is 3.75. The van der Waals surface area contributed by atoms with E-state index in [0.717, 1.165) is 25.9 Å². The minimum absolute atomic E-state index is 0.129. The number of nitrogens with zero attached hydrogens (tertiary/aromatic N) is 3. The summed E-state index contributed by atoms with van der Waals surface area (Å²) < 4.78 is 1.63. The molecule has 1 aliphatic rings. The number of aromatic carboxylic acids is 1. The van der Waals surface area contributed by atoms with Crippen molar-refractivity contribution in [1.29, 1.82) is 0 Å². The van der Waals surface area contributed by atoms with Crippen molar-refractivity contribution in [1.82, 2.24) is 20.1 Å². The van der Waals surface area contributed by atoms with E-state index in [1.165, 1.54) is 6.33 Å². The van der Waals surface area contributed by atoms with Gasteiger partial charge in [-0.3, -0.25) is 0 Å². The molecule has 1 atom stereocenters. The van der Waals surface area contributed by atoms with Gasteiger partial charge < -0.3 is 10.4 Å². The molecule has 0 aromatic carbocycles. The number of aromatic nitrogens is 3. The summed E-state index contributed by atoms with van der Waals surface area (Å²) in [5.41, 5.74) is 0. The number of hydrogen-bond donors (Lipinski definition) is 2. The summed E-state index contributed by atoms with van der Waals surface area (Å²) >= 11 is 0. The number of piperidine rings is 1. The van der Waals surface area contributed by atoms with E-state index in [1.54, 1.807) is 4.68 Å². The van der Waals surface area contributed by atoms with Gasteiger partial charge in [0.1, 0.15) is 6.33 Å². The Hall–Kier alpha value is -1.43. The second-order valence-electron chi connectivity index (χ2n) is 3.35. The maximum absolute atomic E-state index is 10.5. The number of hydrogen-bond acceptors (Lipinski definition) is 4. The van der Waals surface area contributed by atoms with Gasteiger partial charge in [0.05, 0.1) is 6.04 Å². The molecule has 1 aromatic rings. The monoisotopic (exact) mass is 196 g/mol. The molecular weight excluding hydrogens is 184 g/mol. The molecule has 14 heavy (non-hydrogen) atoms. The molecular formula is C8H12N4O2. The molecule has 6 nitrogen and oxygen atoms in total. The van der Waals surface area contributed by atoms with Crippen LogP contribution in [0, 0.1) is 0 Å². The van der Waals surface area contributed by atoms with Crippen LogP contribution in [-0.4, -0.2) is 38.9 Å². The first-order valence-electron chi connectivity index (χ1n) is 4.62. The van der Waals surface area contributed by atoms with E-state index in [9.17, 15) is 4.79 Å². The van der Waals surface area contributed by atoms with Crippen LogP contribution in [0.5, 0.6) is 0 Å². The third-order valence-corrected chi connectivity index (χ3v) is 2.34. The van der Waals surface area contributed by atoms with Crippen molar-refractivity contribution >= 4 is 5.97 Å². The maximum atomic E-state index is 10.5. The Kier molecular flexibility index (Phi) is 2.45. The number of rotatable bonds is 2. The highest BCUT2D eigenvalue weighted by Gasteiger charge is 2.17. The number of carboxylic acids is 1. The molecule has 0 saturated carbocycles. The lowest BCUT2D eigenvalue weighted by Crippen LogP contribution is -2.32. The van der Waals surface area contributed by atoms with Crippen molar-refractivity contribution in [3.63, 3.8) is 0 Å². The largest absolute Gasteiger partial charge is 0.475 e. The molecule has 1 aliphatic heterocycles. The highest BCUT2D eigenvalue weighted by molar-refractivity contribution is 5.82. The Balaban J connectivity index is 2.11. The Labute approximate surface area is 80.9 Å². The van der Waals surface area contributed by atoms with Crippen molar-refractivity contribution < 1.29 is 9.90 Å². The van der Waals surface area contributed by atoms with Crippen LogP contribution >= 0.6 is 0 Å². The van der Waals surface area contributed by atoms with E-state index in [4.69, 9.17) is 5.11 Å². The highest BCUT2D eigenvalue weighted by atomic mass is 16.4. The van der Waals surface area contributed by atoms with Gasteiger partial charge >= 0.3 is 5.97 Å². The quantitative estimate of drug-likeness (QED) is 0.690. The molecule has 1 saturated heterocycles. The minimum Gasteiger partial charge on any atom is -0.475 e.